The van der Waals surface area contributed by atoms with Gasteiger partial charge in [-0.15, -0.1) is 0 Å². The first-order valence-corrected chi connectivity index (χ1v) is 38.7. The van der Waals surface area contributed by atoms with E-state index in [4.69, 9.17) is 24.9 Å². The number of aromatic amines is 3. The Morgan fingerprint density at radius 2 is 0.918 bits per heavy atom. The Balaban J connectivity index is 0.000000265. The maximum atomic E-state index is 13.1. The van der Waals surface area contributed by atoms with Gasteiger partial charge in [-0.25, -0.2) is 29.9 Å². The van der Waals surface area contributed by atoms with E-state index in [9.17, 15) is 27.9 Å². The zero-order chi connectivity index (χ0) is 77.1. The number of H-pyrrole nitrogens is 3. The molecule has 1 saturated carbocycles. The molecule has 3 aliphatic heterocycles. The monoisotopic (exact) mass is 1560 g/mol. The van der Waals surface area contributed by atoms with Gasteiger partial charge in [0.05, 0.1) is 13.1 Å². The molecule has 10 N–H and O–H groups in total. The molecule has 26 nitrogen and oxygen atoms in total. The summed E-state index contributed by atoms with van der Waals surface area (Å²) in [6, 6.07) is 47.4. The van der Waals surface area contributed by atoms with Crippen LogP contribution < -0.4 is 46.6 Å². The fourth-order valence-electron chi connectivity index (χ4n) is 12.1. The Hall–Kier alpha value is -10.8. The number of aryl methyl sites for hydroxylation is 3. The lowest BCUT2D eigenvalue weighted by molar-refractivity contribution is -0.142. The highest BCUT2D eigenvalue weighted by Crippen LogP contribution is 2.46. The number of anilines is 12. The van der Waals surface area contributed by atoms with Crippen LogP contribution in [-0.2, 0) is 13.1 Å². The molecule has 110 heavy (non-hydrogen) atoms. The number of hydrogen-bond acceptors (Lipinski definition) is 24. The number of rotatable bonds is 27. The van der Waals surface area contributed by atoms with Crippen LogP contribution in [0.4, 0.5) is 82.6 Å². The van der Waals surface area contributed by atoms with Crippen LogP contribution in [0.5, 0.6) is 0 Å². The zero-order valence-electron chi connectivity index (χ0n) is 62.2. The fourth-order valence-corrected chi connectivity index (χ4v) is 14.4. The van der Waals surface area contributed by atoms with Gasteiger partial charge in [0, 0.05) is 146 Å². The average Bonchev–Trinajstić information content (AvgIpc) is 1.63. The first-order valence-electron chi connectivity index (χ1n) is 36.2. The number of amides is 2. The lowest BCUT2D eigenvalue weighted by Crippen LogP contribution is -2.63. The summed E-state index contributed by atoms with van der Waals surface area (Å²) in [5.41, 5.74) is 7.60. The van der Waals surface area contributed by atoms with E-state index in [0.717, 1.165) is 112 Å². The minimum absolute atomic E-state index is 0. The lowest BCUT2D eigenvalue weighted by atomic mass is 9.89. The fraction of sp³-hybridized carbons (Fsp3) is 0.321. The van der Waals surface area contributed by atoms with Crippen molar-refractivity contribution in [2.45, 2.75) is 121 Å². The van der Waals surface area contributed by atoms with E-state index >= 15 is 0 Å². The molecule has 32 heteroatoms. The molecule has 9 heterocycles. The van der Waals surface area contributed by atoms with Crippen molar-refractivity contribution in [2.75, 3.05) is 114 Å². The number of benzene rings is 5. The Labute approximate surface area is 659 Å². The third-order valence-electron chi connectivity index (χ3n) is 18.2. The zero-order valence-corrected chi connectivity index (χ0v) is 64.7. The number of hydrogen-bond donors (Lipinski definition) is 10. The molecular weight excluding hydrogens is 1460 g/mol. The normalized spacial score (nSPS) is 14.6. The van der Waals surface area contributed by atoms with Crippen LogP contribution in [0.1, 0.15) is 97.9 Å². The molecule has 3 saturated heterocycles. The molecule has 4 fully saturated rings. The molecule has 1 atom stereocenters. The summed E-state index contributed by atoms with van der Waals surface area (Å²) in [6.45, 7) is 14.0. The van der Waals surface area contributed by atoms with E-state index in [1.165, 1.54) is 60.6 Å². The summed E-state index contributed by atoms with van der Waals surface area (Å²) in [4.78, 5) is 67.1. The smallest absolute Gasteiger partial charge is 0.386 e. The van der Waals surface area contributed by atoms with Crippen molar-refractivity contribution in [3.05, 3.63) is 197 Å². The molecular formula is C78H102F3N23O3S3. The Morgan fingerprint density at radius 3 is 1.28 bits per heavy atom. The number of β-amino-alcohol motifs (C(OH)–C–C–N with tert-alkyl or cyclic N) is 1. The van der Waals surface area contributed by atoms with Gasteiger partial charge in [0.15, 0.2) is 32.9 Å². The van der Waals surface area contributed by atoms with E-state index in [1.807, 2.05) is 187 Å². The maximum absolute atomic E-state index is 13.1. The second kappa shape index (κ2) is 34.9. The molecule has 5 aromatic carbocycles. The second-order valence-electron chi connectivity index (χ2n) is 28.1. The van der Waals surface area contributed by atoms with E-state index < -0.39 is 17.8 Å². The highest BCUT2D eigenvalue weighted by Gasteiger charge is 2.52. The topological polar surface area (TPSA) is 306 Å². The van der Waals surface area contributed by atoms with E-state index in [-0.39, 0.29) is 28.2 Å². The van der Waals surface area contributed by atoms with E-state index in [0.29, 0.717) is 92.0 Å². The predicted molar refractivity (Wildman–Crippen MR) is 443 cm³/mol. The SMILES string of the molecule is CCC(Nc1ccc(Sc2nc(Nc3cc(C)[nH]n3)cc(N3CC(O)(C4CC4)C3)n2)cc1)C(F)(F)F.Cc1cc(Nc2cc(N3CCC3)nc(Sc3ccc(NC(=O)c4ccc(CN(C)C)cc4)cc3)n2)n[nH]1.Cc1cc(Nc2cc(N3CCC3)nc(Sc3ccc(NC(=O)c4cccc(CN(C)C)c4)cc3)n2)n[nH]1.[HH].[HH].[HH].[HH].[HH].[HH].[HH]. The van der Waals surface area contributed by atoms with Crippen LogP contribution in [0.3, 0.4) is 0 Å². The number of alkyl halides is 3. The Kier molecular flexibility index (Phi) is 24.5. The number of halogens is 3. The molecule has 11 aromatic rings. The largest absolute Gasteiger partial charge is 0.408 e. The maximum Gasteiger partial charge on any atom is 0.408 e. The quantitative estimate of drug-likeness (QED) is 0.0214. The molecule has 0 spiro atoms. The number of nitrogens with zero attached hydrogens (tertiary/aromatic N) is 14. The molecule has 15 rings (SSSR count). The van der Waals surface area contributed by atoms with Crippen molar-refractivity contribution in [1.82, 2.24) is 70.3 Å². The standard InChI is InChI=1S/2C27H30N8OS.C24H28F3N7OS.7H2/c1-18-15-24(33-32-18)29-23-16-25(35-13-4-14-35)31-27(30-23)37-22-11-9-21(10-12-22)28-26(36)20-7-5-19(6-8-20)17-34(2)3;1-18-14-24(33-32-18)29-23-16-25(35-12-5-13-35)31-27(30-23)37-22-10-8-21(9-11-22)28-26(36)20-7-4-6-19(15-20)17-34(2)3;1-3-18(24(25,26)27)28-16-6-8-17(9-7-16)36-22-30-19(29-20-10-14(2)32-33-20)11-21(31-22)34-12-23(35,13-34)15-4-5-15;;;;;;;/h5-12,15-16H,4,13-14,17H2,1-3H3,(H,28,36)(H2,29,30,31,32,33);4,6-11,14-16H,5,12-13,17H2,1-3H3,(H,28,36)(H2,29,30,31,32,33);6-11,15,18,28,35H,3-5,12-13H2,1-2H3,(H2,29,30,31,32,33);7*1H. The van der Waals surface area contributed by atoms with Crippen molar-refractivity contribution >= 4 is 117 Å². The molecule has 4 aliphatic rings. The van der Waals surface area contributed by atoms with Crippen molar-refractivity contribution in [2.24, 2.45) is 5.92 Å². The summed E-state index contributed by atoms with van der Waals surface area (Å²) in [6.07, 6.45) is 0.0937. The molecule has 2 amide bonds. The minimum Gasteiger partial charge on any atom is -0.386 e. The molecule has 0 radical (unpaired) electrons. The highest BCUT2D eigenvalue weighted by molar-refractivity contribution is 7.99. The number of carbonyl (C=O) groups excluding carboxylic acids is 2. The number of aliphatic hydroxyl groups is 1. The highest BCUT2D eigenvalue weighted by atomic mass is 32.2. The van der Waals surface area contributed by atoms with E-state index in [1.54, 1.807) is 24.3 Å². The van der Waals surface area contributed by atoms with E-state index in [2.05, 4.69) is 87.1 Å². The summed E-state index contributed by atoms with van der Waals surface area (Å²) in [7, 11) is 8.07. The third-order valence-corrected chi connectivity index (χ3v) is 20.8. The lowest BCUT2D eigenvalue weighted by Gasteiger charge is -2.47. The van der Waals surface area contributed by atoms with Gasteiger partial charge in [0.25, 0.3) is 11.8 Å². The van der Waals surface area contributed by atoms with Crippen LogP contribution in [0.25, 0.3) is 0 Å². The number of aromatic nitrogens is 12. The van der Waals surface area contributed by atoms with Crippen LogP contribution >= 0.6 is 35.3 Å². The molecule has 6 aromatic heterocycles. The first-order chi connectivity index (χ1) is 52.9. The average molecular weight is 1560 g/mol. The molecule has 1 unspecified atom stereocenters. The van der Waals surface area contributed by atoms with Crippen molar-refractivity contribution in [1.29, 1.82) is 0 Å². The number of carbonyl (C=O) groups is 2. The van der Waals surface area contributed by atoms with Crippen LogP contribution in [-0.4, -0.2) is 172 Å². The van der Waals surface area contributed by atoms with Gasteiger partial charge in [0.1, 0.15) is 46.6 Å². The van der Waals surface area contributed by atoms with Gasteiger partial charge >= 0.3 is 6.18 Å². The van der Waals surface area contributed by atoms with Gasteiger partial charge in [-0.3, -0.25) is 24.9 Å². The Bertz CT molecular complexity index is 4970. The van der Waals surface area contributed by atoms with Crippen molar-refractivity contribution in [3.63, 3.8) is 0 Å². The summed E-state index contributed by atoms with van der Waals surface area (Å²) in [5.74, 6) is 6.62. The van der Waals surface area contributed by atoms with Gasteiger partial charge in [-0.05, 0) is 230 Å². The van der Waals surface area contributed by atoms with Gasteiger partial charge in [0.2, 0.25) is 0 Å². The van der Waals surface area contributed by atoms with Gasteiger partial charge in [-0.2, -0.15) is 28.5 Å². The molecule has 0 bridgehead atoms. The summed E-state index contributed by atoms with van der Waals surface area (Å²) >= 11 is 4.27. The minimum atomic E-state index is -4.31. The summed E-state index contributed by atoms with van der Waals surface area (Å²) < 4.78 is 39.3. The molecule has 586 valence electrons. The van der Waals surface area contributed by atoms with Crippen LogP contribution in [0.15, 0.2) is 188 Å². The molecule has 1 aliphatic carbocycles. The third kappa shape index (κ3) is 21.4. The van der Waals surface area contributed by atoms with Crippen LogP contribution in [0.2, 0.25) is 0 Å². The van der Waals surface area contributed by atoms with Gasteiger partial charge in [-0.1, -0.05) is 31.2 Å². The van der Waals surface area contributed by atoms with Gasteiger partial charge < -0.3 is 61.5 Å². The number of nitrogens with one attached hydrogen (secondary N) is 9. The predicted octanol–water partition coefficient (Wildman–Crippen LogP) is 16.7. The van der Waals surface area contributed by atoms with Crippen LogP contribution in [0, 0.1) is 26.7 Å². The Morgan fingerprint density at radius 1 is 0.518 bits per heavy atom. The van der Waals surface area contributed by atoms with Crippen molar-refractivity contribution in [3.8, 4) is 0 Å². The first kappa shape index (κ1) is 77.4. The second-order valence-corrected chi connectivity index (χ2v) is 31.2. The van der Waals surface area contributed by atoms with Crippen molar-refractivity contribution < 1.29 is 37.9 Å². The summed E-state index contributed by atoms with van der Waals surface area (Å²) in [5, 5.41) is 52.2.